The first-order valence-corrected chi connectivity index (χ1v) is 5.42. The third-order valence-electron chi connectivity index (χ3n) is 2.60. The zero-order chi connectivity index (χ0) is 9.78. The van der Waals surface area contributed by atoms with E-state index in [1.54, 1.807) is 0 Å². The molecule has 3 heteroatoms. The molecule has 0 aliphatic rings. The lowest BCUT2D eigenvalue weighted by Gasteiger charge is -2.27. The van der Waals surface area contributed by atoms with Crippen LogP contribution in [-0.2, 0) is 4.43 Å². The quantitative estimate of drug-likeness (QED) is 0.593. The minimum atomic E-state index is 0.0937. The minimum Gasteiger partial charge on any atom is -0.423 e. The number of hydrogen-bond acceptors (Lipinski definition) is 2. The Bertz CT molecular complexity index is 126. The summed E-state index contributed by atoms with van der Waals surface area (Å²) in [6.07, 6.45) is 2.36. The molecule has 0 rings (SSSR count). The summed E-state index contributed by atoms with van der Waals surface area (Å²) < 4.78 is 5.49. The fraction of sp³-hybridized carbons (Fsp3) is 1.00. The molecule has 0 saturated carbocycles. The molecule has 0 bridgehead atoms. The fourth-order valence-corrected chi connectivity index (χ4v) is 1.12. The Morgan fingerprint density at radius 3 is 2.25 bits per heavy atom. The number of hydrogen-bond donors (Lipinski definition) is 0. The van der Waals surface area contributed by atoms with Crippen molar-refractivity contribution < 1.29 is 4.43 Å². The average molecular weight is 189 g/mol. The Labute approximate surface area is 79.8 Å². The average Bonchev–Trinajstić information content (AvgIpc) is 2.00. The van der Waals surface area contributed by atoms with Crippen LogP contribution >= 0.6 is 0 Å². The van der Waals surface area contributed by atoms with Gasteiger partial charge in [0.15, 0.2) is 0 Å². The first-order chi connectivity index (χ1) is 5.39. The van der Waals surface area contributed by atoms with Gasteiger partial charge in [-0.3, -0.25) is 0 Å². The van der Waals surface area contributed by atoms with E-state index < -0.39 is 0 Å². The van der Waals surface area contributed by atoms with Crippen LogP contribution in [0.4, 0.5) is 0 Å². The van der Waals surface area contributed by atoms with E-state index >= 15 is 0 Å². The van der Waals surface area contributed by atoms with Crippen LogP contribution in [0, 0.1) is 0 Å². The van der Waals surface area contributed by atoms with Crippen molar-refractivity contribution in [1.29, 1.82) is 0 Å². The maximum absolute atomic E-state index is 5.49. The summed E-state index contributed by atoms with van der Waals surface area (Å²) >= 11 is 0. The Balaban J connectivity index is 3.67. The predicted molar refractivity (Wildman–Crippen MR) is 57.5 cm³/mol. The maximum Gasteiger partial charge on any atom is 0.146 e. The Morgan fingerprint density at radius 2 is 1.92 bits per heavy atom. The highest BCUT2D eigenvalue weighted by Gasteiger charge is 2.17. The first-order valence-electron chi connectivity index (χ1n) is 4.60. The highest BCUT2D eigenvalue weighted by atomic mass is 28.2. The van der Waals surface area contributed by atoms with E-state index in [4.69, 9.17) is 4.43 Å². The van der Waals surface area contributed by atoms with E-state index in [0.717, 1.165) is 16.9 Å². The molecule has 0 heterocycles. The molecular weight excluding hydrogens is 166 g/mol. The van der Waals surface area contributed by atoms with Gasteiger partial charge in [0, 0.05) is 11.6 Å². The van der Waals surface area contributed by atoms with Gasteiger partial charge in [0.2, 0.25) is 0 Å². The number of nitrogens with zero attached hydrogens (tertiary/aromatic N) is 1. The van der Waals surface area contributed by atoms with E-state index in [2.05, 4.69) is 39.8 Å². The third kappa shape index (κ3) is 4.90. The van der Waals surface area contributed by atoms with Gasteiger partial charge in [0.25, 0.3) is 0 Å². The molecule has 0 fully saturated rings. The summed E-state index contributed by atoms with van der Waals surface area (Å²) in [5.74, 6) is 0. The number of rotatable bonds is 5. The molecule has 2 nitrogen and oxygen atoms in total. The first kappa shape index (κ1) is 12.1. The predicted octanol–water partition coefficient (Wildman–Crippen LogP) is 0.792. The molecule has 1 unspecified atom stereocenters. The standard InChI is InChI=1S/C9H23NOSi/c1-8(10(4)5)6-7-9(2,3)11-12/h8H,6-7H2,1-5,12H3. The molecule has 0 aromatic rings. The second kappa shape index (κ2) is 4.99. The van der Waals surface area contributed by atoms with Crippen LogP contribution in [0.3, 0.4) is 0 Å². The molecule has 74 valence electrons. The summed E-state index contributed by atoms with van der Waals surface area (Å²) in [6.45, 7) is 6.59. The molecule has 0 amide bonds. The summed E-state index contributed by atoms with van der Waals surface area (Å²) in [5, 5.41) is 0. The largest absolute Gasteiger partial charge is 0.423 e. The van der Waals surface area contributed by atoms with Crippen LogP contribution < -0.4 is 0 Å². The molecular formula is C9H23NOSi. The molecule has 1 atom stereocenters. The minimum absolute atomic E-state index is 0.0937. The zero-order valence-electron chi connectivity index (χ0n) is 9.35. The summed E-state index contributed by atoms with van der Waals surface area (Å²) in [4.78, 5) is 2.25. The Morgan fingerprint density at radius 1 is 1.42 bits per heavy atom. The Kier molecular flexibility index (Phi) is 5.05. The van der Waals surface area contributed by atoms with Crippen LogP contribution in [0.15, 0.2) is 0 Å². The van der Waals surface area contributed by atoms with Gasteiger partial charge in [-0.15, -0.1) is 0 Å². The molecule has 12 heavy (non-hydrogen) atoms. The van der Waals surface area contributed by atoms with Crippen molar-refractivity contribution in [3.05, 3.63) is 0 Å². The molecule has 0 aliphatic carbocycles. The lowest BCUT2D eigenvalue weighted by molar-refractivity contribution is 0.0999. The maximum atomic E-state index is 5.49. The van der Waals surface area contributed by atoms with Gasteiger partial charge in [-0.05, 0) is 47.7 Å². The van der Waals surface area contributed by atoms with Crippen molar-refractivity contribution in [2.45, 2.75) is 45.3 Å². The lowest BCUT2D eigenvalue weighted by Crippen LogP contribution is -2.30. The topological polar surface area (TPSA) is 12.5 Å². The van der Waals surface area contributed by atoms with Gasteiger partial charge >= 0.3 is 0 Å². The van der Waals surface area contributed by atoms with Crippen molar-refractivity contribution in [3.8, 4) is 0 Å². The molecule has 0 aliphatic heterocycles. The molecule has 0 radical (unpaired) electrons. The molecule has 0 spiro atoms. The monoisotopic (exact) mass is 189 g/mol. The Hall–Kier alpha value is 0.137. The van der Waals surface area contributed by atoms with Crippen molar-refractivity contribution in [1.82, 2.24) is 4.90 Å². The highest BCUT2D eigenvalue weighted by Crippen LogP contribution is 2.17. The van der Waals surface area contributed by atoms with Gasteiger partial charge in [-0.2, -0.15) is 0 Å². The van der Waals surface area contributed by atoms with Crippen LogP contribution in [0.1, 0.15) is 33.6 Å². The van der Waals surface area contributed by atoms with Crippen LogP contribution in [0.2, 0.25) is 0 Å². The smallest absolute Gasteiger partial charge is 0.146 e. The second-order valence-corrected chi connectivity index (χ2v) is 4.72. The van der Waals surface area contributed by atoms with E-state index in [-0.39, 0.29) is 5.60 Å². The van der Waals surface area contributed by atoms with Gasteiger partial charge in [0.05, 0.1) is 0 Å². The summed E-state index contributed by atoms with van der Waals surface area (Å²) in [6, 6.07) is 0.654. The normalized spacial score (nSPS) is 15.5. The fourth-order valence-electron chi connectivity index (χ4n) is 0.917. The van der Waals surface area contributed by atoms with Crippen LogP contribution in [0.5, 0.6) is 0 Å². The van der Waals surface area contributed by atoms with Crippen molar-refractivity contribution in [3.63, 3.8) is 0 Å². The lowest BCUT2D eigenvalue weighted by atomic mass is 10.00. The van der Waals surface area contributed by atoms with Crippen LogP contribution in [0.25, 0.3) is 0 Å². The van der Waals surface area contributed by atoms with Crippen molar-refractivity contribution in [2.24, 2.45) is 0 Å². The van der Waals surface area contributed by atoms with Gasteiger partial charge < -0.3 is 9.33 Å². The van der Waals surface area contributed by atoms with Crippen molar-refractivity contribution >= 4 is 10.5 Å². The van der Waals surface area contributed by atoms with E-state index in [9.17, 15) is 0 Å². The summed E-state index contributed by atoms with van der Waals surface area (Å²) in [7, 11) is 5.09. The molecule has 0 N–H and O–H groups in total. The molecule has 0 aromatic heterocycles. The third-order valence-corrected chi connectivity index (χ3v) is 3.70. The molecule has 0 aromatic carbocycles. The van der Waals surface area contributed by atoms with E-state index in [1.807, 2.05) is 0 Å². The zero-order valence-corrected chi connectivity index (χ0v) is 11.3. The van der Waals surface area contributed by atoms with E-state index in [1.165, 1.54) is 6.42 Å². The SMILES string of the molecule is CC(CCC(C)(C)O[SiH3])N(C)C. The van der Waals surface area contributed by atoms with Gasteiger partial charge in [0.1, 0.15) is 10.5 Å². The van der Waals surface area contributed by atoms with Crippen LogP contribution in [-0.4, -0.2) is 41.1 Å². The van der Waals surface area contributed by atoms with Crippen molar-refractivity contribution in [2.75, 3.05) is 14.1 Å². The van der Waals surface area contributed by atoms with Gasteiger partial charge in [-0.25, -0.2) is 0 Å². The highest BCUT2D eigenvalue weighted by molar-refractivity contribution is 5.98. The van der Waals surface area contributed by atoms with Gasteiger partial charge in [-0.1, -0.05) is 0 Å². The molecule has 0 saturated heterocycles. The second-order valence-electron chi connectivity index (χ2n) is 4.32. The summed E-state index contributed by atoms with van der Waals surface area (Å²) in [5.41, 5.74) is 0.0937. The van der Waals surface area contributed by atoms with E-state index in [0.29, 0.717) is 6.04 Å².